The molecule has 0 saturated carbocycles. The van der Waals surface area contributed by atoms with Gasteiger partial charge in [0.15, 0.2) is 0 Å². The Hall–Kier alpha value is -1.69. The van der Waals surface area contributed by atoms with Crippen molar-refractivity contribution in [2.45, 2.75) is 6.42 Å². The smallest absolute Gasteiger partial charge is 0.329 e. The van der Waals surface area contributed by atoms with Crippen LogP contribution in [-0.4, -0.2) is 47.5 Å². The maximum absolute atomic E-state index is 11.0. The van der Waals surface area contributed by atoms with Crippen molar-refractivity contribution in [2.75, 3.05) is 19.8 Å². The Labute approximate surface area is 86.1 Å². The molecule has 15 heavy (non-hydrogen) atoms. The molecule has 82 valence electrons. The predicted octanol–water partition coefficient (Wildman–Crippen LogP) is -0.597. The first-order valence-corrected chi connectivity index (χ1v) is 4.44. The number of imide groups is 1. The van der Waals surface area contributed by atoms with E-state index in [-0.39, 0.29) is 31.6 Å². The molecule has 0 aliphatic carbocycles. The molecule has 0 fully saturated rings. The van der Waals surface area contributed by atoms with Crippen molar-refractivity contribution in [2.24, 2.45) is 0 Å². The first kappa shape index (κ1) is 11.4. The summed E-state index contributed by atoms with van der Waals surface area (Å²) in [6.45, 7) is 0.105. The number of aliphatic carboxylic acids is 1. The number of amides is 2. The van der Waals surface area contributed by atoms with Crippen LogP contribution in [-0.2, 0) is 19.1 Å². The van der Waals surface area contributed by atoms with E-state index < -0.39 is 5.97 Å². The number of rotatable bonds is 6. The molecule has 0 bridgehead atoms. The molecule has 1 rings (SSSR count). The zero-order valence-electron chi connectivity index (χ0n) is 8.01. The van der Waals surface area contributed by atoms with Gasteiger partial charge in [0, 0.05) is 25.3 Å². The van der Waals surface area contributed by atoms with Gasteiger partial charge in [0.05, 0.1) is 0 Å². The Bertz CT molecular complexity index is 292. The Morgan fingerprint density at radius 3 is 2.47 bits per heavy atom. The molecule has 2 amide bonds. The van der Waals surface area contributed by atoms with E-state index >= 15 is 0 Å². The van der Waals surface area contributed by atoms with Crippen LogP contribution in [0.1, 0.15) is 6.42 Å². The van der Waals surface area contributed by atoms with Gasteiger partial charge < -0.3 is 9.84 Å². The molecule has 0 aromatic heterocycles. The highest BCUT2D eigenvalue weighted by molar-refractivity contribution is 6.12. The number of ether oxygens (including phenoxy) is 1. The Kier molecular flexibility index (Phi) is 3.99. The van der Waals surface area contributed by atoms with Gasteiger partial charge >= 0.3 is 5.97 Å². The van der Waals surface area contributed by atoms with E-state index in [9.17, 15) is 14.4 Å². The van der Waals surface area contributed by atoms with Crippen LogP contribution in [0.15, 0.2) is 12.2 Å². The molecule has 0 unspecified atom stereocenters. The monoisotopic (exact) mass is 213 g/mol. The Morgan fingerprint density at radius 1 is 1.33 bits per heavy atom. The summed E-state index contributed by atoms with van der Waals surface area (Å²) in [5.41, 5.74) is 0. The quantitative estimate of drug-likeness (QED) is 0.470. The van der Waals surface area contributed by atoms with Gasteiger partial charge in [0.25, 0.3) is 11.8 Å². The standard InChI is InChI=1S/C9H11NO5/c11-7-2-3-8(12)10(7)4-1-5-15-6-9(13)14/h2-3H,1,4-6H2,(H,13,14). The van der Waals surface area contributed by atoms with Crippen LogP contribution in [0, 0.1) is 0 Å². The summed E-state index contributed by atoms with van der Waals surface area (Å²) >= 11 is 0. The van der Waals surface area contributed by atoms with Gasteiger partial charge in [-0.1, -0.05) is 0 Å². The van der Waals surface area contributed by atoms with E-state index in [4.69, 9.17) is 9.84 Å². The number of carbonyl (C=O) groups is 3. The highest BCUT2D eigenvalue weighted by atomic mass is 16.5. The lowest BCUT2D eigenvalue weighted by Gasteiger charge is -2.12. The van der Waals surface area contributed by atoms with E-state index in [1.165, 1.54) is 12.2 Å². The highest BCUT2D eigenvalue weighted by Crippen LogP contribution is 2.03. The molecule has 1 heterocycles. The lowest BCUT2D eigenvalue weighted by atomic mass is 10.4. The zero-order chi connectivity index (χ0) is 11.3. The molecule has 0 aromatic carbocycles. The third-order valence-electron chi connectivity index (χ3n) is 1.80. The van der Waals surface area contributed by atoms with E-state index in [0.717, 1.165) is 4.90 Å². The molecular formula is C9H11NO5. The number of carboxylic acids is 1. The van der Waals surface area contributed by atoms with Gasteiger partial charge in [-0.05, 0) is 6.42 Å². The predicted molar refractivity (Wildman–Crippen MR) is 48.9 cm³/mol. The lowest BCUT2D eigenvalue weighted by molar-refractivity contribution is -0.143. The molecule has 1 N–H and O–H groups in total. The van der Waals surface area contributed by atoms with Crippen molar-refractivity contribution >= 4 is 17.8 Å². The molecule has 0 spiro atoms. The van der Waals surface area contributed by atoms with Crippen LogP contribution in [0.5, 0.6) is 0 Å². The number of hydrogen-bond acceptors (Lipinski definition) is 4. The normalized spacial score (nSPS) is 15.1. The van der Waals surface area contributed by atoms with Crippen LogP contribution >= 0.6 is 0 Å². The largest absolute Gasteiger partial charge is 0.480 e. The third-order valence-corrected chi connectivity index (χ3v) is 1.80. The van der Waals surface area contributed by atoms with Crippen LogP contribution in [0.3, 0.4) is 0 Å². The van der Waals surface area contributed by atoms with Gasteiger partial charge in [-0.15, -0.1) is 0 Å². The summed E-state index contributed by atoms with van der Waals surface area (Å²) in [6.07, 6.45) is 2.85. The van der Waals surface area contributed by atoms with Crippen molar-refractivity contribution in [1.82, 2.24) is 4.90 Å². The molecule has 0 radical (unpaired) electrons. The second kappa shape index (κ2) is 5.26. The number of carboxylic acid groups (broad SMARTS) is 1. The first-order valence-electron chi connectivity index (χ1n) is 4.44. The maximum atomic E-state index is 11.0. The fourth-order valence-electron chi connectivity index (χ4n) is 1.14. The van der Waals surface area contributed by atoms with E-state index in [0.29, 0.717) is 6.42 Å². The summed E-state index contributed by atoms with van der Waals surface area (Å²) < 4.78 is 4.76. The average molecular weight is 213 g/mol. The average Bonchev–Trinajstić information content (AvgIpc) is 2.47. The van der Waals surface area contributed by atoms with E-state index in [1.807, 2.05) is 0 Å². The molecular weight excluding hydrogens is 202 g/mol. The zero-order valence-corrected chi connectivity index (χ0v) is 8.01. The van der Waals surface area contributed by atoms with Crippen LogP contribution in [0.4, 0.5) is 0 Å². The van der Waals surface area contributed by atoms with E-state index in [1.54, 1.807) is 0 Å². The molecule has 1 aliphatic rings. The fraction of sp³-hybridized carbons (Fsp3) is 0.444. The van der Waals surface area contributed by atoms with Crippen molar-refractivity contribution in [1.29, 1.82) is 0 Å². The summed E-state index contributed by atoms with van der Waals surface area (Å²) in [4.78, 5) is 33.2. The van der Waals surface area contributed by atoms with Gasteiger partial charge in [-0.2, -0.15) is 0 Å². The Morgan fingerprint density at radius 2 is 1.93 bits per heavy atom. The van der Waals surface area contributed by atoms with Gasteiger partial charge in [0.2, 0.25) is 0 Å². The van der Waals surface area contributed by atoms with Crippen LogP contribution < -0.4 is 0 Å². The van der Waals surface area contributed by atoms with Crippen molar-refractivity contribution in [3.05, 3.63) is 12.2 Å². The molecule has 0 atom stereocenters. The minimum atomic E-state index is -1.04. The lowest BCUT2D eigenvalue weighted by Crippen LogP contribution is -2.31. The summed E-state index contributed by atoms with van der Waals surface area (Å²) in [5.74, 6) is -1.71. The summed E-state index contributed by atoms with van der Waals surface area (Å²) in [5, 5.41) is 8.25. The SMILES string of the molecule is O=C(O)COCCCN1C(=O)C=CC1=O. The fourth-order valence-corrected chi connectivity index (χ4v) is 1.14. The number of nitrogens with zero attached hydrogens (tertiary/aromatic N) is 1. The second-order valence-corrected chi connectivity index (χ2v) is 2.96. The van der Waals surface area contributed by atoms with Crippen LogP contribution in [0.25, 0.3) is 0 Å². The van der Waals surface area contributed by atoms with Crippen molar-refractivity contribution < 1.29 is 24.2 Å². The van der Waals surface area contributed by atoms with Gasteiger partial charge in [0.1, 0.15) is 6.61 Å². The molecule has 0 saturated heterocycles. The molecule has 6 nitrogen and oxygen atoms in total. The van der Waals surface area contributed by atoms with Gasteiger partial charge in [-0.25, -0.2) is 4.79 Å². The topological polar surface area (TPSA) is 83.9 Å². The number of carbonyl (C=O) groups excluding carboxylic acids is 2. The highest BCUT2D eigenvalue weighted by Gasteiger charge is 2.22. The maximum Gasteiger partial charge on any atom is 0.329 e. The first-order chi connectivity index (χ1) is 7.11. The van der Waals surface area contributed by atoms with Crippen molar-refractivity contribution in [3.63, 3.8) is 0 Å². The second-order valence-electron chi connectivity index (χ2n) is 2.96. The molecule has 0 aromatic rings. The van der Waals surface area contributed by atoms with Crippen LogP contribution in [0.2, 0.25) is 0 Å². The molecule has 6 heteroatoms. The number of hydrogen-bond donors (Lipinski definition) is 1. The Balaban J connectivity index is 2.13. The minimum Gasteiger partial charge on any atom is -0.480 e. The van der Waals surface area contributed by atoms with Crippen molar-refractivity contribution in [3.8, 4) is 0 Å². The summed E-state index contributed by atoms with van der Waals surface area (Å²) in [6, 6.07) is 0. The molecule has 1 aliphatic heterocycles. The van der Waals surface area contributed by atoms with Gasteiger partial charge in [-0.3, -0.25) is 14.5 Å². The summed E-state index contributed by atoms with van der Waals surface area (Å²) in [7, 11) is 0. The third kappa shape index (κ3) is 3.51. The van der Waals surface area contributed by atoms with E-state index in [2.05, 4.69) is 0 Å². The minimum absolute atomic E-state index is 0.212.